The number of rotatable bonds is 4. The molecule has 0 spiro atoms. The van der Waals surface area contributed by atoms with Crippen LogP contribution in [-0.4, -0.2) is 40.6 Å². The van der Waals surface area contributed by atoms with Crippen LogP contribution in [-0.2, 0) is 4.79 Å². The summed E-state index contributed by atoms with van der Waals surface area (Å²) in [5.41, 5.74) is 0.870. The Kier molecular flexibility index (Phi) is 3.06. The van der Waals surface area contributed by atoms with E-state index in [2.05, 4.69) is 9.88 Å². The van der Waals surface area contributed by atoms with Gasteiger partial charge in [0.1, 0.15) is 0 Å². The molecule has 0 aliphatic carbocycles. The van der Waals surface area contributed by atoms with Gasteiger partial charge >= 0.3 is 5.97 Å². The molecule has 1 saturated heterocycles. The molecule has 0 saturated carbocycles. The highest BCUT2D eigenvalue weighted by Crippen LogP contribution is 2.19. The molecule has 0 bridgehead atoms. The lowest BCUT2D eigenvalue weighted by Gasteiger charge is -2.19. The fourth-order valence-electron chi connectivity index (χ4n) is 2.10. The van der Waals surface area contributed by atoms with Crippen molar-refractivity contribution in [2.45, 2.75) is 18.8 Å². The largest absolute Gasteiger partial charge is 0.481 e. The van der Waals surface area contributed by atoms with Gasteiger partial charge in [-0.15, -0.1) is 0 Å². The van der Waals surface area contributed by atoms with E-state index in [9.17, 15) is 4.79 Å². The van der Waals surface area contributed by atoms with Gasteiger partial charge < -0.3 is 15.0 Å². The summed E-state index contributed by atoms with van der Waals surface area (Å²) < 4.78 is 0. The first kappa shape index (κ1) is 10.2. The highest BCUT2D eigenvalue weighted by Gasteiger charge is 2.24. The zero-order valence-electron chi connectivity index (χ0n) is 8.65. The molecule has 1 aromatic heterocycles. The first-order valence-electron chi connectivity index (χ1n) is 5.35. The lowest BCUT2D eigenvalue weighted by atomic mass is 10.0. The van der Waals surface area contributed by atoms with Crippen LogP contribution in [0.5, 0.6) is 0 Å². The Hall–Kier alpha value is -1.29. The maximum atomic E-state index is 11.1. The number of nitrogens with one attached hydrogen (secondary N) is 1. The molecule has 4 heteroatoms. The normalized spacial score (nSPS) is 19.2. The molecule has 2 rings (SSSR count). The molecule has 1 aliphatic rings. The molecule has 0 amide bonds. The van der Waals surface area contributed by atoms with Gasteiger partial charge in [-0.25, -0.2) is 0 Å². The number of H-pyrrole nitrogens is 1. The van der Waals surface area contributed by atoms with Gasteiger partial charge in [0.05, 0.1) is 5.92 Å². The molecule has 2 heterocycles. The number of aromatic amines is 1. The SMILES string of the molecule is O=C(O)C(CN1CCCC1)c1cc[nH]c1. The smallest absolute Gasteiger partial charge is 0.312 e. The average Bonchev–Trinajstić information content (AvgIpc) is 2.87. The molecule has 2 N–H and O–H groups in total. The van der Waals surface area contributed by atoms with E-state index in [4.69, 9.17) is 5.11 Å². The molecule has 4 nitrogen and oxygen atoms in total. The first-order valence-corrected chi connectivity index (χ1v) is 5.35. The highest BCUT2D eigenvalue weighted by molar-refractivity contribution is 5.76. The van der Waals surface area contributed by atoms with Crippen molar-refractivity contribution in [3.63, 3.8) is 0 Å². The van der Waals surface area contributed by atoms with E-state index in [1.165, 1.54) is 12.8 Å². The number of nitrogens with zero attached hydrogens (tertiary/aromatic N) is 1. The summed E-state index contributed by atoms with van der Waals surface area (Å²) in [4.78, 5) is 16.3. The van der Waals surface area contributed by atoms with Crippen molar-refractivity contribution >= 4 is 5.97 Å². The molecule has 1 aliphatic heterocycles. The predicted octanol–water partition coefficient (Wildman–Crippen LogP) is 1.28. The van der Waals surface area contributed by atoms with Crippen LogP contribution < -0.4 is 0 Å². The molecular weight excluding hydrogens is 192 g/mol. The van der Waals surface area contributed by atoms with E-state index in [1.54, 1.807) is 12.4 Å². The second kappa shape index (κ2) is 4.49. The van der Waals surface area contributed by atoms with E-state index < -0.39 is 11.9 Å². The Morgan fingerprint density at radius 3 is 2.80 bits per heavy atom. The van der Waals surface area contributed by atoms with Crippen LogP contribution in [0.2, 0.25) is 0 Å². The van der Waals surface area contributed by atoms with Gasteiger partial charge in [-0.1, -0.05) is 0 Å². The van der Waals surface area contributed by atoms with Crippen LogP contribution in [0, 0.1) is 0 Å². The zero-order chi connectivity index (χ0) is 10.7. The van der Waals surface area contributed by atoms with Crippen LogP contribution in [0.25, 0.3) is 0 Å². The summed E-state index contributed by atoms with van der Waals surface area (Å²) in [5.74, 6) is -1.13. The topological polar surface area (TPSA) is 56.3 Å². The third kappa shape index (κ3) is 2.39. The summed E-state index contributed by atoms with van der Waals surface area (Å²) in [6.07, 6.45) is 5.93. The average molecular weight is 208 g/mol. The van der Waals surface area contributed by atoms with Crippen molar-refractivity contribution < 1.29 is 9.90 Å². The third-order valence-corrected chi connectivity index (χ3v) is 2.96. The van der Waals surface area contributed by atoms with Gasteiger partial charge in [-0.3, -0.25) is 4.79 Å². The van der Waals surface area contributed by atoms with Gasteiger partial charge in [-0.05, 0) is 37.6 Å². The zero-order valence-corrected chi connectivity index (χ0v) is 8.65. The third-order valence-electron chi connectivity index (χ3n) is 2.96. The fourth-order valence-corrected chi connectivity index (χ4v) is 2.10. The Morgan fingerprint density at radius 2 is 2.27 bits per heavy atom. The molecular formula is C11H16N2O2. The number of carboxylic acid groups (broad SMARTS) is 1. The van der Waals surface area contributed by atoms with E-state index in [0.29, 0.717) is 6.54 Å². The summed E-state index contributed by atoms with van der Waals surface area (Å²) in [6, 6.07) is 1.84. The number of hydrogen-bond donors (Lipinski definition) is 2. The number of hydrogen-bond acceptors (Lipinski definition) is 2. The lowest BCUT2D eigenvalue weighted by Crippen LogP contribution is -2.29. The summed E-state index contributed by atoms with van der Waals surface area (Å²) >= 11 is 0. The molecule has 1 atom stereocenters. The van der Waals surface area contributed by atoms with E-state index in [0.717, 1.165) is 18.7 Å². The maximum absolute atomic E-state index is 11.1. The van der Waals surface area contributed by atoms with Crippen molar-refractivity contribution in [1.82, 2.24) is 9.88 Å². The highest BCUT2D eigenvalue weighted by atomic mass is 16.4. The van der Waals surface area contributed by atoms with Crippen molar-refractivity contribution in [3.8, 4) is 0 Å². The Bertz CT molecular complexity index is 315. The van der Waals surface area contributed by atoms with Gasteiger partial charge in [0.25, 0.3) is 0 Å². The van der Waals surface area contributed by atoms with Crippen LogP contribution in [0.1, 0.15) is 24.3 Å². The van der Waals surface area contributed by atoms with E-state index >= 15 is 0 Å². The molecule has 0 radical (unpaired) electrons. The quantitative estimate of drug-likeness (QED) is 0.783. The fraction of sp³-hybridized carbons (Fsp3) is 0.545. The Morgan fingerprint density at radius 1 is 1.53 bits per heavy atom. The van der Waals surface area contributed by atoms with Gasteiger partial charge in [0.2, 0.25) is 0 Å². The predicted molar refractivity (Wildman–Crippen MR) is 56.8 cm³/mol. The van der Waals surface area contributed by atoms with Gasteiger partial charge in [0, 0.05) is 18.9 Å². The van der Waals surface area contributed by atoms with Crippen LogP contribution in [0.3, 0.4) is 0 Å². The lowest BCUT2D eigenvalue weighted by molar-refractivity contribution is -0.139. The number of carbonyl (C=O) groups is 1. The standard InChI is InChI=1S/C11H16N2O2/c14-11(15)10(9-3-4-12-7-9)8-13-5-1-2-6-13/h3-4,7,10,12H,1-2,5-6,8H2,(H,14,15). The van der Waals surface area contributed by atoms with Crippen LogP contribution >= 0.6 is 0 Å². The molecule has 15 heavy (non-hydrogen) atoms. The Balaban J connectivity index is 2.03. The van der Waals surface area contributed by atoms with Crippen LogP contribution in [0.15, 0.2) is 18.5 Å². The number of carboxylic acids is 1. The molecule has 1 fully saturated rings. The van der Waals surface area contributed by atoms with E-state index in [1.807, 2.05) is 6.07 Å². The second-order valence-electron chi connectivity index (χ2n) is 4.04. The van der Waals surface area contributed by atoms with Crippen LogP contribution in [0.4, 0.5) is 0 Å². The van der Waals surface area contributed by atoms with Gasteiger partial charge in [0.15, 0.2) is 0 Å². The summed E-state index contributed by atoms with van der Waals surface area (Å²) in [6.45, 7) is 2.70. The second-order valence-corrected chi connectivity index (χ2v) is 4.04. The number of likely N-dealkylation sites (tertiary alicyclic amines) is 1. The van der Waals surface area contributed by atoms with Crippen molar-refractivity contribution in [2.75, 3.05) is 19.6 Å². The number of aromatic nitrogens is 1. The minimum absolute atomic E-state index is 0.394. The van der Waals surface area contributed by atoms with Gasteiger partial charge in [-0.2, -0.15) is 0 Å². The first-order chi connectivity index (χ1) is 7.27. The summed E-state index contributed by atoms with van der Waals surface area (Å²) in [7, 11) is 0. The van der Waals surface area contributed by atoms with Crippen molar-refractivity contribution in [1.29, 1.82) is 0 Å². The molecule has 0 aromatic carbocycles. The minimum atomic E-state index is -0.735. The maximum Gasteiger partial charge on any atom is 0.312 e. The Labute approximate surface area is 88.9 Å². The molecule has 1 aromatic rings. The number of aliphatic carboxylic acids is 1. The minimum Gasteiger partial charge on any atom is -0.481 e. The summed E-state index contributed by atoms with van der Waals surface area (Å²) in [5, 5.41) is 9.16. The van der Waals surface area contributed by atoms with Crippen molar-refractivity contribution in [2.24, 2.45) is 0 Å². The monoisotopic (exact) mass is 208 g/mol. The molecule has 82 valence electrons. The molecule has 1 unspecified atom stereocenters. The van der Waals surface area contributed by atoms with E-state index in [-0.39, 0.29) is 0 Å². The van der Waals surface area contributed by atoms with Crippen molar-refractivity contribution in [3.05, 3.63) is 24.0 Å².